The molecular weight excluding hydrogens is 390 g/mol. The van der Waals surface area contributed by atoms with Crippen molar-refractivity contribution in [1.82, 2.24) is 9.97 Å². The average molecular weight is 418 g/mol. The van der Waals surface area contributed by atoms with Crippen LogP contribution in [0.5, 0.6) is 0 Å². The normalized spacial score (nSPS) is 10.9. The molecule has 4 rings (SSSR count). The van der Waals surface area contributed by atoms with Crippen LogP contribution in [-0.2, 0) is 6.42 Å². The second-order valence-electron chi connectivity index (χ2n) is 7.01. The molecule has 30 heavy (non-hydrogen) atoms. The molecule has 0 radical (unpaired) electrons. The predicted octanol–water partition coefficient (Wildman–Crippen LogP) is 5.94. The molecule has 0 aliphatic carbocycles. The molecule has 0 atom stereocenters. The molecule has 154 valence electrons. The van der Waals surface area contributed by atoms with Crippen molar-refractivity contribution >= 4 is 45.4 Å². The molecular formula is C24H27N5S. The maximum atomic E-state index is 4.76. The van der Waals surface area contributed by atoms with Crippen molar-refractivity contribution in [2.24, 2.45) is 0 Å². The van der Waals surface area contributed by atoms with E-state index in [1.54, 1.807) is 11.3 Å². The molecule has 6 heteroatoms. The van der Waals surface area contributed by atoms with E-state index in [-0.39, 0.29) is 0 Å². The summed E-state index contributed by atoms with van der Waals surface area (Å²) in [6.45, 7) is 7.17. The van der Waals surface area contributed by atoms with Crippen LogP contribution in [0.4, 0.5) is 23.1 Å². The van der Waals surface area contributed by atoms with Gasteiger partial charge in [0.25, 0.3) is 0 Å². The molecule has 0 amide bonds. The lowest BCUT2D eigenvalue weighted by Gasteiger charge is -2.21. The first-order valence-electron chi connectivity index (χ1n) is 10.4. The minimum Gasteiger partial charge on any atom is -0.372 e. The topological polar surface area (TPSA) is 53.1 Å². The van der Waals surface area contributed by atoms with Crippen LogP contribution in [0, 0.1) is 0 Å². The van der Waals surface area contributed by atoms with Crippen molar-refractivity contribution < 1.29 is 0 Å². The van der Waals surface area contributed by atoms with Gasteiger partial charge in [0.15, 0.2) is 0 Å². The molecule has 0 aliphatic rings. The molecule has 0 saturated carbocycles. The quantitative estimate of drug-likeness (QED) is 0.353. The first-order chi connectivity index (χ1) is 14.8. The van der Waals surface area contributed by atoms with Crippen molar-refractivity contribution in [3.05, 3.63) is 70.9 Å². The number of benzene rings is 2. The summed E-state index contributed by atoms with van der Waals surface area (Å²) in [5, 5.41) is 10.0. The van der Waals surface area contributed by atoms with E-state index in [1.165, 1.54) is 10.6 Å². The maximum Gasteiger partial charge on any atom is 0.229 e. The Labute approximate surface area is 181 Å². The van der Waals surface area contributed by atoms with Crippen LogP contribution in [0.2, 0.25) is 0 Å². The number of hydrogen-bond donors (Lipinski definition) is 2. The predicted molar refractivity (Wildman–Crippen MR) is 129 cm³/mol. The molecule has 2 N–H and O–H groups in total. The van der Waals surface area contributed by atoms with E-state index in [0.717, 1.165) is 48.5 Å². The number of rotatable bonds is 9. The average Bonchev–Trinajstić information content (AvgIpc) is 3.29. The molecule has 0 saturated heterocycles. The number of fused-ring (bicyclic) bond motifs is 1. The van der Waals surface area contributed by atoms with Gasteiger partial charge in [-0.1, -0.05) is 18.2 Å². The highest BCUT2D eigenvalue weighted by Gasteiger charge is 2.08. The Morgan fingerprint density at radius 2 is 1.70 bits per heavy atom. The van der Waals surface area contributed by atoms with Gasteiger partial charge in [-0.15, -0.1) is 11.3 Å². The van der Waals surface area contributed by atoms with Gasteiger partial charge in [-0.2, -0.15) is 4.98 Å². The van der Waals surface area contributed by atoms with Gasteiger partial charge in [0.1, 0.15) is 5.82 Å². The van der Waals surface area contributed by atoms with Crippen molar-refractivity contribution in [2.75, 3.05) is 35.2 Å². The van der Waals surface area contributed by atoms with E-state index < -0.39 is 0 Å². The first-order valence-corrected chi connectivity index (χ1v) is 11.3. The highest BCUT2D eigenvalue weighted by Crippen LogP contribution is 2.25. The first kappa shape index (κ1) is 20.2. The van der Waals surface area contributed by atoms with E-state index in [4.69, 9.17) is 9.97 Å². The molecule has 0 bridgehead atoms. The molecule has 5 nitrogen and oxygen atoms in total. The summed E-state index contributed by atoms with van der Waals surface area (Å²) in [7, 11) is 0. The van der Waals surface area contributed by atoms with Gasteiger partial charge >= 0.3 is 0 Å². The fraction of sp³-hybridized carbons (Fsp3) is 0.250. The summed E-state index contributed by atoms with van der Waals surface area (Å²) in [6, 6.07) is 20.8. The third kappa shape index (κ3) is 4.71. The van der Waals surface area contributed by atoms with Crippen LogP contribution in [0.1, 0.15) is 18.7 Å². The number of hydrogen-bond acceptors (Lipinski definition) is 6. The van der Waals surface area contributed by atoms with E-state index in [0.29, 0.717) is 5.95 Å². The van der Waals surface area contributed by atoms with E-state index in [2.05, 4.69) is 77.2 Å². The Hall–Kier alpha value is -3.12. The van der Waals surface area contributed by atoms with E-state index in [9.17, 15) is 0 Å². The Morgan fingerprint density at radius 1 is 0.900 bits per heavy atom. The summed E-state index contributed by atoms with van der Waals surface area (Å²) < 4.78 is 0. The van der Waals surface area contributed by atoms with E-state index >= 15 is 0 Å². The van der Waals surface area contributed by atoms with Gasteiger partial charge in [0.2, 0.25) is 5.95 Å². The summed E-state index contributed by atoms with van der Waals surface area (Å²) in [5.41, 5.74) is 3.13. The van der Waals surface area contributed by atoms with Gasteiger partial charge in [-0.25, -0.2) is 4.98 Å². The van der Waals surface area contributed by atoms with Crippen LogP contribution in [-0.4, -0.2) is 29.6 Å². The second kappa shape index (κ2) is 9.59. The number of anilines is 4. The molecule has 2 aromatic carbocycles. The standard InChI is InChI=1S/C24H27N5S/c1-3-29(4-2)19-13-11-18(12-14-19)26-24-27-22-10-6-5-9-21(22)23(28-24)25-16-15-20-8-7-17-30-20/h5-14,17H,3-4,15-16H2,1-2H3,(H2,25,26,27,28). The van der Waals surface area contributed by atoms with Crippen LogP contribution in [0.3, 0.4) is 0 Å². The van der Waals surface area contributed by atoms with E-state index in [1.807, 2.05) is 18.2 Å². The van der Waals surface area contributed by atoms with Gasteiger partial charge < -0.3 is 15.5 Å². The number of para-hydroxylation sites is 1. The maximum absolute atomic E-state index is 4.76. The summed E-state index contributed by atoms with van der Waals surface area (Å²) in [5.74, 6) is 1.46. The molecule has 2 aromatic heterocycles. The molecule has 2 heterocycles. The fourth-order valence-electron chi connectivity index (χ4n) is 3.50. The lowest BCUT2D eigenvalue weighted by atomic mass is 10.2. The zero-order valence-electron chi connectivity index (χ0n) is 17.4. The Balaban J connectivity index is 1.53. The van der Waals surface area contributed by atoms with Gasteiger partial charge in [0, 0.05) is 41.3 Å². The third-order valence-corrected chi connectivity index (χ3v) is 6.04. The second-order valence-corrected chi connectivity index (χ2v) is 8.05. The highest BCUT2D eigenvalue weighted by atomic mass is 32.1. The number of nitrogens with zero attached hydrogens (tertiary/aromatic N) is 3. The zero-order valence-corrected chi connectivity index (χ0v) is 18.2. The Bertz CT molecular complexity index is 1070. The van der Waals surface area contributed by atoms with Crippen LogP contribution in [0.25, 0.3) is 10.9 Å². The third-order valence-electron chi connectivity index (χ3n) is 5.10. The molecule has 0 aliphatic heterocycles. The SMILES string of the molecule is CCN(CC)c1ccc(Nc2nc(NCCc3cccs3)c3ccccc3n2)cc1. The lowest BCUT2D eigenvalue weighted by molar-refractivity contribution is 0.866. The van der Waals surface area contributed by atoms with Crippen LogP contribution >= 0.6 is 11.3 Å². The summed E-state index contributed by atoms with van der Waals surface area (Å²) in [4.78, 5) is 13.2. The monoisotopic (exact) mass is 417 g/mol. The highest BCUT2D eigenvalue weighted by molar-refractivity contribution is 7.09. The Morgan fingerprint density at radius 3 is 2.43 bits per heavy atom. The largest absolute Gasteiger partial charge is 0.372 e. The lowest BCUT2D eigenvalue weighted by Crippen LogP contribution is -2.21. The smallest absolute Gasteiger partial charge is 0.229 e. The number of thiophene rings is 1. The van der Waals surface area contributed by atoms with Crippen molar-refractivity contribution in [1.29, 1.82) is 0 Å². The van der Waals surface area contributed by atoms with Gasteiger partial charge in [-0.05, 0) is 68.1 Å². The zero-order chi connectivity index (χ0) is 20.8. The van der Waals surface area contributed by atoms with Crippen LogP contribution < -0.4 is 15.5 Å². The number of nitrogens with one attached hydrogen (secondary N) is 2. The minimum absolute atomic E-state index is 0.600. The van der Waals surface area contributed by atoms with Crippen molar-refractivity contribution in [3.63, 3.8) is 0 Å². The summed E-state index contributed by atoms with van der Waals surface area (Å²) >= 11 is 1.78. The summed E-state index contributed by atoms with van der Waals surface area (Å²) in [6.07, 6.45) is 0.978. The molecule has 0 spiro atoms. The molecule has 0 unspecified atom stereocenters. The molecule has 0 fully saturated rings. The van der Waals surface area contributed by atoms with Crippen LogP contribution in [0.15, 0.2) is 66.0 Å². The van der Waals surface area contributed by atoms with Crippen molar-refractivity contribution in [2.45, 2.75) is 20.3 Å². The fourth-order valence-corrected chi connectivity index (χ4v) is 4.21. The molecule has 4 aromatic rings. The van der Waals surface area contributed by atoms with Crippen molar-refractivity contribution in [3.8, 4) is 0 Å². The van der Waals surface area contributed by atoms with Gasteiger partial charge in [-0.3, -0.25) is 0 Å². The number of aromatic nitrogens is 2. The Kier molecular flexibility index (Phi) is 6.44. The minimum atomic E-state index is 0.600. The van der Waals surface area contributed by atoms with Gasteiger partial charge in [0.05, 0.1) is 5.52 Å².